The Kier molecular flexibility index (Phi) is 3.44. The van der Waals surface area contributed by atoms with E-state index in [1.807, 2.05) is 18.2 Å². The molecule has 1 heteroatoms. The Bertz CT molecular complexity index is 313. The van der Waals surface area contributed by atoms with Crippen molar-refractivity contribution in [1.82, 2.24) is 0 Å². The summed E-state index contributed by atoms with van der Waals surface area (Å²) in [6.45, 7) is 10.7. The second-order valence-corrected chi connectivity index (χ2v) is 3.23. The molecule has 0 bridgehead atoms. The van der Waals surface area contributed by atoms with Gasteiger partial charge < -0.3 is 0 Å². The minimum absolute atomic E-state index is 0.984. The Morgan fingerprint density at radius 1 is 1.54 bits per heavy atom. The minimum Gasteiger partial charge on any atom is -0.199 e. The lowest BCUT2D eigenvalue weighted by Gasteiger charge is -1.99. The van der Waals surface area contributed by atoms with Gasteiger partial charge in [0.15, 0.2) is 12.7 Å². The van der Waals surface area contributed by atoms with Crippen molar-refractivity contribution in [3.05, 3.63) is 48.8 Å². The highest BCUT2D eigenvalue weighted by Crippen LogP contribution is 1.97. The maximum absolute atomic E-state index is 3.89. The molecule has 68 valence electrons. The van der Waals surface area contributed by atoms with Crippen LogP contribution in [0.1, 0.15) is 19.0 Å². The largest absolute Gasteiger partial charge is 0.204 e. The molecule has 1 heterocycles. The summed E-state index contributed by atoms with van der Waals surface area (Å²) in [5.41, 5.74) is 2.37. The molecule has 13 heavy (non-hydrogen) atoms. The van der Waals surface area contributed by atoms with Gasteiger partial charge in [-0.3, -0.25) is 0 Å². The highest BCUT2D eigenvalue weighted by Gasteiger charge is 2.04. The predicted octanol–water partition coefficient (Wildman–Crippen LogP) is 2.58. The quantitative estimate of drug-likeness (QED) is 0.488. The van der Waals surface area contributed by atoms with Crippen LogP contribution in [-0.2, 0) is 6.54 Å². The number of aromatic nitrogens is 1. The second-order valence-electron chi connectivity index (χ2n) is 3.23. The number of aryl methyl sites for hydroxylation is 1. The summed E-state index contributed by atoms with van der Waals surface area (Å²) < 4.78 is 2.18. The number of hydrogen-bond donors (Lipinski definition) is 0. The molecule has 1 aromatic heterocycles. The van der Waals surface area contributed by atoms with Gasteiger partial charge in [-0.25, -0.2) is 0 Å². The van der Waals surface area contributed by atoms with Crippen molar-refractivity contribution in [2.75, 3.05) is 0 Å². The molecule has 0 radical (unpaired) electrons. The molecule has 1 rings (SSSR count). The highest BCUT2D eigenvalue weighted by molar-refractivity contribution is 5.36. The molecule has 0 saturated carbocycles. The number of pyridine rings is 1. The molecule has 0 N–H and O–H groups in total. The third kappa shape index (κ3) is 2.86. The molecule has 0 aliphatic rings. The van der Waals surface area contributed by atoms with Crippen molar-refractivity contribution in [3.8, 4) is 0 Å². The molecule has 1 nitrogen and oxygen atoms in total. The van der Waals surface area contributed by atoms with E-state index in [1.54, 1.807) is 0 Å². The summed E-state index contributed by atoms with van der Waals surface area (Å²) in [6.07, 6.45) is 4.97. The van der Waals surface area contributed by atoms with Crippen molar-refractivity contribution in [2.45, 2.75) is 19.9 Å². The molecule has 0 unspecified atom stereocenters. The topological polar surface area (TPSA) is 3.88 Å². The lowest BCUT2D eigenvalue weighted by molar-refractivity contribution is -0.698. The van der Waals surface area contributed by atoms with Crippen LogP contribution in [0.2, 0.25) is 0 Å². The van der Waals surface area contributed by atoms with Crippen LogP contribution in [-0.4, -0.2) is 0 Å². The molecule has 0 saturated heterocycles. The molecule has 0 aromatic carbocycles. The Labute approximate surface area is 80.0 Å². The fourth-order valence-corrected chi connectivity index (χ4v) is 1.19. The van der Waals surface area contributed by atoms with E-state index < -0.39 is 0 Å². The lowest BCUT2D eigenvalue weighted by atomic mass is 10.2. The van der Waals surface area contributed by atoms with Gasteiger partial charge in [0, 0.05) is 24.6 Å². The Hall–Kier alpha value is -1.37. The van der Waals surface area contributed by atoms with Gasteiger partial charge in [-0.15, -0.1) is 0 Å². The van der Waals surface area contributed by atoms with Crippen LogP contribution in [0.15, 0.2) is 43.1 Å². The second kappa shape index (κ2) is 4.61. The fourth-order valence-electron chi connectivity index (χ4n) is 1.19. The molecule has 0 amide bonds. The van der Waals surface area contributed by atoms with Gasteiger partial charge >= 0.3 is 0 Å². The molecule has 0 atom stereocenters. The summed E-state index contributed by atoms with van der Waals surface area (Å²) in [4.78, 5) is 0. The Morgan fingerprint density at radius 2 is 2.31 bits per heavy atom. The average molecular weight is 174 g/mol. The summed E-state index contributed by atoms with van der Waals surface area (Å²) in [5, 5.41) is 0. The Morgan fingerprint density at radius 3 is 2.92 bits per heavy atom. The maximum atomic E-state index is 3.89. The third-order valence-corrected chi connectivity index (χ3v) is 1.96. The zero-order valence-electron chi connectivity index (χ0n) is 8.16. The van der Waals surface area contributed by atoms with Crippen molar-refractivity contribution in [1.29, 1.82) is 0 Å². The minimum atomic E-state index is 0.984. The molecule has 1 aromatic rings. The molecule has 0 fully saturated rings. The molecule has 0 aliphatic carbocycles. The van der Waals surface area contributed by atoms with Crippen LogP contribution in [0.3, 0.4) is 0 Å². The van der Waals surface area contributed by atoms with Crippen LogP contribution in [0.4, 0.5) is 0 Å². The van der Waals surface area contributed by atoms with Gasteiger partial charge in [0.25, 0.3) is 0 Å². The first-order chi connectivity index (χ1) is 6.24. The van der Waals surface area contributed by atoms with Crippen molar-refractivity contribution < 1.29 is 4.57 Å². The highest BCUT2D eigenvalue weighted by atomic mass is 14.9. The van der Waals surface area contributed by atoms with Gasteiger partial charge in [-0.05, 0) is 13.0 Å². The summed E-state index contributed by atoms with van der Waals surface area (Å²) in [5.74, 6) is 0. The first-order valence-electron chi connectivity index (χ1n) is 4.49. The monoisotopic (exact) mass is 174 g/mol. The van der Waals surface area contributed by atoms with E-state index in [2.05, 4.69) is 36.9 Å². The van der Waals surface area contributed by atoms with Gasteiger partial charge in [0.1, 0.15) is 0 Å². The standard InChI is InChI=1S/C12H16N/c1-4-12-7-5-6-9-13(12)10-8-11(2)3/h4-7,9H,1-2,8,10H2,3H3/q+1. The molecular formula is C12H16N+. The van der Waals surface area contributed by atoms with E-state index >= 15 is 0 Å². The van der Waals surface area contributed by atoms with Crippen molar-refractivity contribution >= 4 is 6.08 Å². The van der Waals surface area contributed by atoms with Crippen LogP contribution in [0, 0.1) is 0 Å². The summed E-state index contributed by atoms with van der Waals surface area (Å²) in [7, 11) is 0. The normalized spacial score (nSPS) is 9.62. The molecular weight excluding hydrogens is 158 g/mol. The third-order valence-electron chi connectivity index (χ3n) is 1.96. The summed E-state index contributed by atoms with van der Waals surface area (Å²) in [6, 6.07) is 6.12. The van der Waals surface area contributed by atoms with Crippen molar-refractivity contribution in [3.63, 3.8) is 0 Å². The lowest BCUT2D eigenvalue weighted by Crippen LogP contribution is -2.36. The smallest absolute Gasteiger partial charge is 0.199 e. The average Bonchev–Trinajstić information content (AvgIpc) is 2.15. The van der Waals surface area contributed by atoms with E-state index in [0.717, 1.165) is 18.7 Å². The van der Waals surface area contributed by atoms with Gasteiger partial charge in [-0.1, -0.05) is 18.7 Å². The zero-order valence-corrected chi connectivity index (χ0v) is 8.16. The number of rotatable bonds is 4. The van der Waals surface area contributed by atoms with Crippen LogP contribution < -0.4 is 4.57 Å². The van der Waals surface area contributed by atoms with E-state index in [9.17, 15) is 0 Å². The van der Waals surface area contributed by atoms with E-state index in [-0.39, 0.29) is 0 Å². The predicted molar refractivity (Wildman–Crippen MR) is 56.2 cm³/mol. The SMILES string of the molecule is C=Cc1cccc[n+]1CCC(=C)C. The first-order valence-corrected chi connectivity index (χ1v) is 4.49. The first kappa shape index (κ1) is 9.72. The fraction of sp³-hybridized carbons (Fsp3) is 0.250. The number of allylic oxidation sites excluding steroid dienone is 1. The van der Waals surface area contributed by atoms with Gasteiger partial charge in [-0.2, -0.15) is 4.57 Å². The van der Waals surface area contributed by atoms with Gasteiger partial charge in [0.2, 0.25) is 5.69 Å². The summed E-state index contributed by atoms with van der Waals surface area (Å²) >= 11 is 0. The molecule has 0 aliphatic heterocycles. The van der Waals surface area contributed by atoms with Crippen LogP contribution in [0.25, 0.3) is 6.08 Å². The van der Waals surface area contributed by atoms with Crippen LogP contribution in [0.5, 0.6) is 0 Å². The Balaban J connectivity index is 2.75. The van der Waals surface area contributed by atoms with Gasteiger partial charge in [0.05, 0.1) is 0 Å². The number of hydrogen-bond acceptors (Lipinski definition) is 0. The molecule has 0 spiro atoms. The van der Waals surface area contributed by atoms with Crippen LogP contribution >= 0.6 is 0 Å². The zero-order chi connectivity index (χ0) is 9.68. The van der Waals surface area contributed by atoms with Crippen molar-refractivity contribution in [2.24, 2.45) is 0 Å². The number of nitrogens with zero attached hydrogens (tertiary/aromatic N) is 1. The maximum Gasteiger partial charge on any atom is 0.204 e. The van der Waals surface area contributed by atoms with E-state index in [4.69, 9.17) is 0 Å². The van der Waals surface area contributed by atoms with E-state index in [0.29, 0.717) is 0 Å². The van der Waals surface area contributed by atoms with E-state index in [1.165, 1.54) is 5.57 Å².